The van der Waals surface area contributed by atoms with Gasteiger partial charge >= 0.3 is 11.9 Å². The van der Waals surface area contributed by atoms with Crippen LogP contribution in [-0.4, -0.2) is 38.4 Å². The smallest absolute Gasteiger partial charge is 0.338 e. The zero-order chi connectivity index (χ0) is 16.9. The molecule has 0 amide bonds. The van der Waals surface area contributed by atoms with Crippen LogP contribution < -0.4 is 0 Å². The summed E-state index contributed by atoms with van der Waals surface area (Å²) in [4.78, 5) is 23.9. The van der Waals surface area contributed by atoms with Crippen molar-refractivity contribution in [3.63, 3.8) is 0 Å². The Bertz CT molecular complexity index is 556. The first kappa shape index (κ1) is 17.5. The number of carbonyl (C=O) groups excluding carboxylic acids is 2. The van der Waals surface area contributed by atoms with E-state index in [0.29, 0.717) is 13.0 Å². The highest BCUT2D eigenvalue weighted by molar-refractivity contribution is 5.81. The summed E-state index contributed by atoms with van der Waals surface area (Å²) in [5.41, 5.74) is -0.188. The van der Waals surface area contributed by atoms with Crippen molar-refractivity contribution in [3.8, 4) is 0 Å². The van der Waals surface area contributed by atoms with E-state index in [2.05, 4.69) is 23.8 Å². The first-order chi connectivity index (χ1) is 11.0. The Hall–Kier alpha value is -1.88. The van der Waals surface area contributed by atoms with Crippen LogP contribution in [0.2, 0.25) is 0 Å². The molecule has 0 saturated carbocycles. The molecule has 1 aromatic carbocycles. The van der Waals surface area contributed by atoms with E-state index in [-0.39, 0.29) is 24.2 Å². The third-order valence-corrected chi connectivity index (χ3v) is 4.83. The van der Waals surface area contributed by atoms with Gasteiger partial charge in [-0.1, -0.05) is 37.3 Å². The molecule has 0 N–H and O–H groups in total. The van der Waals surface area contributed by atoms with E-state index in [9.17, 15) is 9.59 Å². The van der Waals surface area contributed by atoms with Gasteiger partial charge in [-0.15, -0.1) is 0 Å². The van der Waals surface area contributed by atoms with Gasteiger partial charge in [0.25, 0.3) is 0 Å². The van der Waals surface area contributed by atoms with Crippen molar-refractivity contribution in [3.05, 3.63) is 35.9 Å². The molecule has 0 radical (unpaired) electrons. The fourth-order valence-corrected chi connectivity index (χ4v) is 3.32. The second kappa shape index (κ2) is 7.13. The Morgan fingerprint density at radius 1 is 1.17 bits per heavy atom. The molecule has 1 heterocycles. The lowest BCUT2D eigenvalue weighted by atomic mass is 9.72. The first-order valence-electron chi connectivity index (χ1n) is 7.86. The summed E-state index contributed by atoms with van der Waals surface area (Å²) >= 11 is 0. The van der Waals surface area contributed by atoms with Crippen molar-refractivity contribution in [2.75, 3.05) is 20.8 Å². The van der Waals surface area contributed by atoms with Crippen molar-refractivity contribution in [2.45, 2.75) is 43.6 Å². The van der Waals surface area contributed by atoms with Crippen LogP contribution in [0.5, 0.6) is 0 Å². The van der Waals surface area contributed by atoms with Gasteiger partial charge < -0.3 is 14.2 Å². The first-order valence-corrected chi connectivity index (χ1v) is 7.86. The van der Waals surface area contributed by atoms with Crippen LogP contribution in [-0.2, 0) is 29.2 Å². The van der Waals surface area contributed by atoms with E-state index < -0.39 is 11.6 Å². The summed E-state index contributed by atoms with van der Waals surface area (Å²) in [6.45, 7) is 2.52. The van der Waals surface area contributed by atoms with E-state index in [1.807, 2.05) is 18.2 Å². The van der Waals surface area contributed by atoms with Gasteiger partial charge in [0.2, 0.25) is 0 Å². The van der Waals surface area contributed by atoms with Crippen LogP contribution in [0.4, 0.5) is 0 Å². The standard InChI is InChI=1S/C18H24O5/c1-4-17(14-8-6-5-7-9-14)12-18(23-13-17,16(20)22-3)11-10-15(19)21-2/h5-9H,4,10-13H2,1-3H3. The number of rotatable bonds is 6. The molecule has 1 aliphatic rings. The van der Waals surface area contributed by atoms with E-state index >= 15 is 0 Å². The van der Waals surface area contributed by atoms with Gasteiger partial charge in [-0.05, 0) is 24.8 Å². The fraction of sp³-hybridized carbons (Fsp3) is 0.556. The number of ether oxygens (including phenoxy) is 3. The molecule has 0 aromatic heterocycles. The topological polar surface area (TPSA) is 61.8 Å². The number of benzene rings is 1. The minimum atomic E-state index is -1.09. The lowest BCUT2D eigenvalue weighted by molar-refractivity contribution is -0.165. The Labute approximate surface area is 136 Å². The summed E-state index contributed by atoms with van der Waals surface area (Å²) < 4.78 is 15.6. The van der Waals surface area contributed by atoms with Crippen molar-refractivity contribution < 1.29 is 23.8 Å². The maximum Gasteiger partial charge on any atom is 0.338 e. The molecule has 0 bridgehead atoms. The normalized spacial score (nSPS) is 26.7. The zero-order valence-corrected chi connectivity index (χ0v) is 14.0. The van der Waals surface area contributed by atoms with Crippen LogP contribution in [0.25, 0.3) is 0 Å². The molecule has 1 aliphatic heterocycles. The largest absolute Gasteiger partial charge is 0.469 e. The minimum Gasteiger partial charge on any atom is -0.469 e. The van der Waals surface area contributed by atoms with Crippen LogP contribution in [0.15, 0.2) is 30.3 Å². The molecule has 1 fully saturated rings. The maximum atomic E-state index is 12.4. The number of hydrogen-bond acceptors (Lipinski definition) is 5. The summed E-state index contributed by atoms with van der Waals surface area (Å²) in [5, 5.41) is 0. The molecule has 23 heavy (non-hydrogen) atoms. The zero-order valence-electron chi connectivity index (χ0n) is 14.0. The van der Waals surface area contributed by atoms with Crippen molar-refractivity contribution in [2.24, 2.45) is 0 Å². The molecular weight excluding hydrogens is 296 g/mol. The van der Waals surface area contributed by atoms with E-state index in [0.717, 1.165) is 12.0 Å². The highest BCUT2D eigenvalue weighted by Crippen LogP contribution is 2.46. The van der Waals surface area contributed by atoms with Gasteiger partial charge in [0, 0.05) is 11.8 Å². The molecule has 126 valence electrons. The molecule has 1 aromatic rings. The molecule has 5 heteroatoms. The Morgan fingerprint density at radius 3 is 2.43 bits per heavy atom. The minimum absolute atomic E-state index is 0.125. The van der Waals surface area contributed by atoms with E-state index in [1.54, 1.807) is 0 Å². The predicted octanol–water partition coefficient (Wildman–Crippen LogP) is 2.62. The van der Waals surface area contributed by atoms with Crippen molar-refractivity contribution in [1.29, 1.82) is 0 Å². The summed E-state index contributed by atoms with van der Waals surface area (Å²) in [7, 11) is 2.68. The third kappa shape index (κ3) is 3.39. The number of carbonyl (C=O) groups is 2. The Morgan fingerprint density at radius 2 is 1.87 bits per heavy atom. The molecule has 0 aliphatic carbocycles. The van der Waals surface area contributed by atoms with Gasteiger partial charge in [0.05, 0.1) is 20.8 Å². The van der Waals surface area contributed by atoms with Crippen LogP contribution in [0.1, 0.15) is 38.2 Å². The summed E-state index contributed by atoms with van der Waals surface area (Å²) in [5.74, 6) is -0.779. The molecule has 1 saturated heterocycles. The van der Waals surface area contributed by atoms with Crippen LogP contribution in [0, 0.1) is 0 Å². The summed E-state index contributed by atoms with van der Waals surface area (Å²) in [6.07, 6.45) is 1.74. The molecule has 0 spiro atoms. The van der Waals surface area contributed by atoms with E-state index in [1.165, 1.54) is 14.2 Å². The highest BCUT2D eigenvalue weighted by atomic mass is 16.6. The van der Waals surface area contributed by atoms with Crippen molar-refractivity contribution >= 4 is 11.9 Å². The quantitative estimate of drug-likeness (QED) is 0.754. The van der Waals surface area contributed by atoms with Gasteiger partial charge in [-0.25, -0.2) is 4.79 Å². The molecule has 2 unspecified atom stereocenters. The number of hydrogen-bond donors (Lipinski definition) is 0. The average Bonchev–Trinajstić information content (AvgIpc) is 3.01. The van der Waals surface area contributed by atoms with Crippen LogP contribution >= 0.6 is 0 Å². The summed E-state index contributed by atoms with van der Waals surface area (Å²) in [6, 6.07) is 10.0. The lowest BCUT2D eigenvalue weighted by Gasteiger charge is -2.29. The second-order valence-corrected chi connectivity index (χ2v) is 6.03. The van der Waals surface area contributed by atoms with Gasteiger partial charge in [-0.3, -0.25) is 4.79 Å². The Balaban J connectivity index is 2.28. The molecular formula is C18H24O5. The fourth-order valence-electron chi connectivity index (χ4n) is 3.32. The van der Waals surface area contributed by atoms with Crippen LogP contribution in [0.3, 0.4) is 0 Å². The maximum absolute atomic E-state index is 12.4. The number of esters is 2. The molecule has 2 rings (SSSR count). The third-order valence-electron chi connectivity index (χ3n) is 4.83. The highest BCUT2D eigenvalue weighted by Gasteiger charge is 2.54. The Kier molecular flexibility index (Phi) is 5.42. The van der Waals surface area contributed by atoms with Gasteiger partial charge in [0.15, 0.2) is 5.60 Å². The average molecular weight is 320 g/mol. The lowest BCUT2D eigenvalue weighted by Crippen LogP contribution is -2.41. The monoisotopic (exact) mass is 320 g/mol. The SMILES string of the molecule is CCC1(c2ccccc2)COC(CCC(=O)OC)(C(=O)OC)C1. The molecule has 2 atom stereocenters. The van der Waals surface area contributed by atoms with Gasteiger partial charge in [-0.2, -0.15) is 0 Å². The van der Waals surface area contributed by atoms with Gasteiger partial charge in [0.1, 0.15) is 0 Å². The number of methoxy groups -OCH3 is 2. The molecule has 5 nitrogen and oxygen atoms in total. The van der Waals surface area contributed by atoms with E-state index in [4.69, 9.17) is 9.47 Å². The second-order valence-electron chi connectivity index (χ2n) is 6.03. The van der Waals surface area contributed by atoms with Crippen molar-refractivity contribution in [1.82, 2.24) is 0 Å². The predicted molar refractivity (Wildman–Crippen MR) is 85.0 cm³/mol.